The second-order valence-corrected chi connectivity index (χ2v) is 12.4. The number of hydrogen-bond acceptors (Lipinski definition) is 6. The third-order valence-corrected chi connectivity index (χ3v) is 7.87. The van der Waals surface area contributed by atoms with Gasteiger partial charge in [-0.2, -0.15) is 0 Å². The Morgan fingerprint density at radius 2 is 1.83 bits per heavy atom. The van der Waals surface area contributed by atoms with Crippen LogP contribution in [0, 0.1) is 6.92 Å². The number of nitrogens with one attached hydrogen (secondary N) is 1. The van der Waals surface area contributed by atoms with Crippen molar-refractivity contribution < 1.29 is 14.3 Å². The molecule has 2 aromatic carbocycles. The van der Waals surface area contributed by atoms with Crippen molar-refractivity contribution in [1.82, 2.24) is 19.8 Å². The van der Waals surface area contributed by atoms with Crippen LogP contribution in [0.15, 0.2) is 64.5 Å². The summed E-state index contributed by atoms with van der Waals surface area (Å²) in [7, 11) is 0. The maximum absolute atomic E-state index is 14.0. The molecule has 1 atom stereocenters. The monoisotopic (exact) mass is 576 g/mol. The van der Waals surface area contributed by atoms with E-state index in [4.69, 9.17) is 9.72 Å². The molecule has 1 aromatic heterocycles. The normalized spacial score (nSPS) is 13.4. The molecule has 1 aliphatic heterocycles. The summed E-state index contributed by atoms with van der Waals surface area (Å²) in [6.45, 7) is 10.8. The summed E-state index contributed by atoms with van der Waals surface area (Å²) < 4.78 is 7.12. The minimum absolute atomic E-state index is 0.0355. The average Bonchev–Trinajstić information content (AvgIpc) is 3.41. The number of benzene rings is 2. The minimum Gasteiger partial charge on any atom is -0.444 e. The molecule has 1 aliphatic rings. The SMILES string of the molecule is CCC(c1nc2n(c(=O)c1Cc1ccccc1)CCS2)N(CCCNC(=O)OC(C)(C)C)C(=O)c1ccc(C)cc1. The van der Waals surface area contributed by atoms with Crippen LogP contribution in [-0.4, -0.2) is 50.9 Å². The van der Waals surface area contributed by atoms with Crippen LogP contribution in [0.2, 0.25) is 0 Å². The number of amides is 2. The first kappa shape index (κ1) is 30.4. The molecule has 2 heterocycles. The molecule has 8 nitrogen and oxygen atoms in total. The number of carbonyl (C=O) groups is 2. The molecular weight excluding hydrogens is 536 g/mol. The molecule has 41 heavy (non-hydrogen) atoms. The van der Waals surface area contributed by atoms with Crippen LogP contribution in [0.1, 0.15) is 79.3 Å². The van der Waals surface area contributed by atoms with Gasteiger partial charge in [0.1, 0.15) is 5.60 Å². The highest BCUT2D eigenvalue weighted by Crippen LogP contribution is 2.31. The van der Waals surface area contributed by atoms with Crippen molar-refractivity contribution in [1.29, 1.82) is 0 Å². The molecule has 0 radical (unpaired) electrons. The van der Waals surface area contributed by atoms with Gasteiger partial charge in [-0.05, 0) is 58.2 Å². The number of alkyl carbamates (subject to hydrolysis) is 1. The van der Waals surface area contributed by atoms with Crippen LogP contribution in [0.25, 0.3) is 0 Å². The Morgan fingerprint density at radius 3 is 2.49 bits per heavy atom. The quantitative estimate of drug-likeness (QED) is 0.244. The van der Waals surface area contributed by atoms with E-state index >= 15 is 0 Å². The molecule has 0 saturated carbocycles. The lowest BCUT2D eigenvalue weighted by atomic mass is 9.97. The fraction of sp³-hybridized carbons (Fsp3) is 0.438. The maximum Gasteiger partial charge on any atom is 0.407 e. The van der Waals surface area contributed by atoms with Crippen LogP contribution in [0.4, 0.5) is 4.79 Å². The van der Waals surface area contributed by atoms with Gasteiger partial charge in [-0.25, -0.2) is 9.78 Å². The third-order valence-electron chi connectivity index (χ3n) is 6.91. The van der Waals surface area contributed by atoms with E-state index in [9.17, 15) is 14.4 Å². The van der Waals surface area contributed by atoms with Crippen molar-refractivity contribution in [3.8, 4) is 0 Å². The van der Waals surface area contributed by atoms with Gasteiger partial charge >= 0.3 is 6.09 Å². The van der Waals surface area contributed by atoms with E-state index in [2.05, 4.69) is 5.32 Å². The number of aromatic nitrogens is 2. The summed E-state index contributed by atoms with van der Waals surface area (Å²) in [5.41, 5.74) is 3.32. The van der Waals surface area contributed by atoms with Gasteiger partial charge in [-0.1, -0.05) is 66.7 Å². The van der Waals surface area contributed by atoms with Crippen molar-refractivity contribution in [3.05, 3.63) is 92.9 Å². The Bertz CT molecular complexity index is 1410. The van der Waals surface area contributed by atoms with Gasteiger partial charge in [0.25, 0.3) is 11.5 Å². The van der Waals surface area contributed by atoms with Gasteiger partial charge in [-0.3, -0.25) is 14.2 Å². The molecule has 0 saturated heterocycles. The van der Waals surface area contributed by atoms with Crippen LogP contribution < -0.4 is 10.9 Å². The van der Waals surface area contributed by atoms with Gasteiger partial charge in [0.2, 0.25) is 0 Å². The van der Waals surface area contributed by atoms with Gasteiger partial charge in [0, 0.05) is 42.9 Å². The van der Waals surface area contributed by atoms with Crippen LogP contribution in [-0.2, 0) is 17.7 Å². The first-order valence-electron chi connectivity index (χ1n) is 14.2. The number of aryl methyl sites for hydroxylation is 1. The summed E-state index contributed by atoms with van der Waals surface area (Å²) in [5.74, 6) is 0.671. The molecule has 0 fully saturated rings. The molecule has 0 bridgehead atoms. The highest BCUT2D eigenvalue weighted by Gasteiger charge is 2.31. The fourth-order valence-corrected chi connectivity index (χ4v) is 5.89. The van der Waals surface area contributed by atoms with E-state index in [1.807, 2.05) is 94.1 Å². The largest absolute Gasteiger partial charge is 0.444 e. The van der Waals surface area contributed by atoms with Gasteiger partial charge in [0.05, 0.1) is 11.7 Å². The van der Waals surface area contributed by atoms with Crippen LogP contribution >= 0.6 is 11.8 Å². The van der Waals surface area contributed by atoms with E-state index in [1.54, 1.807) is 16.3 Å². The zero-order valence-corrected chi connectivity index (χ0v) is 25.4. The van der Waals surface area contributed by atoms with Gasteiger partial charge in [-0.15, -0.1) is 0 Å². The van der Waals surface area contributed by atoms with E-state index in [0.29, 0.717) is 60.9 Å². The topological polar surface area (TPSA) is 93.5 Å². The molecule has 1 unspecified atom stereocenters. The standard InChI is InChI=1S/C32H40N4O4S/c1-6-26(27-25(21-23-11-8-7-9-12-23)29(38)36-19-20-41-30(36)34-27)35(28(37)24-15-13-22(2)14-16-24)18-10-17-33-31(39)40-32(3,4)5/h7-9,11-16,26H,6,10,17-21H2,1-5H3,(H,33,39). The van der Waals surface area contributed by atoms with Crippen molar-refractivity contribution >= 4 is 23.8 Å². The summed E-state index contributed by atoms with van der Waals surface area (Å²) in [6, 6.07) is 17.0. The van der Waals surface area contributed by atoms with E-state index in [0.717, 1.165) is 16.9 Å². The smallest absolute Gasteiger partial charge is 0.407 e. The zero-order chi connectivity index (χ0) is 29.6. The number of rotatable bonds is 10. The summed E-state index contributed by atoms with van der Waals surface area (Å²) >= 11 is 1.57. The molecule has 4 rings (SSSR count). The lowest BCUT2D eigenvalue weighted by molar-refractivity contribution is 0.0523. The van der Waals surface area contributed by atoms with E-state index in [-0.39, 0.29) is 11.5 Å². The Morgan fingerprint density at radius 1 is 1.12 bits per heavy atom. The average molecular weight is 577 g/mol. The first-order valence-corrected chi connectivity index (χ1v) is 15.2. The number of ether oxygens (including phenoxy) is 1. The predicted molar refractivity (Wildman–Crippen MR) is 163 cm³/mol. The molecule has 9 heteroatoms. The van der Waals surface area contributed by atoms with Gasteiger partial charge < -0.3 is 15.0 Å². The first-order chi connectivity index (χ1) is 19.6. The molecule has 3 aromatic rings. The summed E-state index contributed by atoms with van der Waals surface area (Å²) in [5, 5.41) is 3.50. The van der Waals surface area contributed by atoms with Crippen molar-refractivity contribution in [3.63, 3.8) is 0 Å². The van der Waals surface area contributed by atoms with Crippen LogP contribution in [0.3, 0.4) is 0 Å². The summed E-state index contributed by atoms with van der Waals surface area (Å²) in [6.07, 6.45) is 1.05. The summed E-state index contributed by atoms with van der Waals surface area (Å²) in [4.78, 5) is 46.9. The number of thioether (sulfide) groups is 1. The zero-order valence-electron chi connectivity index (χ0n) is 24.6. The second-order valence-electron chi connectivity index (χ2n) is 11.3. The molecule has 0 aliphatic carbocycles. The van der Waals surface area contributed by atoms with Crippen molar-refractivity contribution in [2.75, 3.05) is 18.8 Å². The van der Waals surface area contributed by atoms with Crippen molar-refractivity contribution in [2.24, 2.45) is 0 Å². The van der Waals surface area contributed by atoms with E-state index in [1.165, 1.54) is 0 Å². The Labute approximate surface area is 246 Å². The molecular formula is C32H40N4O4S. The number of carbonyl (C=O) groups excluding carboxylic acids is 2. The number of fused-ring (bicyclic) bond motifs is 1. The Kier molecular flexibility index (Phi) is 9.91. The lowest BCUT2D eigenvalue weighted by Crippen LogP contribution is -2.40. The Balaban J connectivity index is 1.69. The van der Waals surface area contributed by atoms with Gasteiger partial charge in [0.15, 0.2) is 5.16 Å². The third kappa shape index (κ3) is 7.79. The van der Waals surface area contributed by atoms with Crippen LogP contribution in [0.5, 0.6) is 0 Å². The molecule has 2 amide bonds. The Hall–Kier alpha value is -3.59. The van der Waals surface area contributed by atoms with E-state index < -0.39 is 17.7 Å². The molecule has 0 spiro atoms. The predicted octanol–water partition coefficient (Wildman–Crippen LogP) is 5.76. The number of hydrogen-bond donors (Lipinski definition) is 1. The fourth-order valence-electron chi connectivity index (χ4n) is 4.94. The highest BCUT2D eigenvalue weighted by atomic mass is 32.2. The maximum atomic E-state index is 14.0. The lowest BCUT2D eigenvalue weighted by Gasteiger charge is -2.32. The molecule has 1 N–H and O–H groups in total. The highest BCUT2D eigenvalue weighted by molar-refractivity contribution is 7.99. The second kappa shape index (κ2) is 13.4. The number of nitrogens with zero attached hydrogens (tertiary/aromatic N) is 3. The minimum atomic E-state index is -0.592. The van der Waals surface area contributed by atoms with Crippen molar-refractivity contribution in [2.45, 2.75) is 77.2 Å². The molecule has 218 valence electrons.